The Kier molecular flexibility index (Phi) is 6.11. The lowest BCUT2D eigenvalue weighted by molar-refractivity contribution is 0.654. The van der Waals surface area contributed by atoms with Gasteiger partial charge in [-0.15, -0.1) is 0 Å². The van der Waals surface area contributed by atoms with Crippen molar-refractivity contribution in [1.82, 2.24) is 0 Å². The highest BCUT2D eigenvalue weighted by molar-refractivity contribution is 6.13. The van der Waals surface area contributed by atoms with Crippen LogP contribution in [0.1, 0.15) is 74.3 Å². The number of nitrogens with zero attached hydrogens (tertiary/aromatic N) is 1. The van der Waals surface area contributed by atoms with Crippen molar-refractivity contribution in [2.75, 3.05) is 4.90 Å². The van der Waals surface area contributed by atoms with Crippen LogP contribution in [-0.2, 0) is 10.8 Å². The second-order valence-corrected chi connectivity index (χ2v) is 14.2. The first kappa shape index (κ1) is 27.3. The summed E-state index contributed by atoms with van der Waals surface area (Å²) in [6.45, 7) is 9.48. The molecule has 5 aromatic carbocycles. The average Bonchev–Trinajstić information content (AvgIpc) is 3.42. The molecule has 0 saturated carbocycles. The summed E-state index contributed by atoms with van der Waals surface area (Å²) >= 11 is 0. The molecular formula is C42H40BN. The number of anilines is 3. The Hall–Kier alpha value is -4.30. The van der Waals surface area contributed by atoms with Crippen LogP contribution in [0.4, 0.5) is 17.1 Å². The molecule has 44 heavy (non-hydrogen) atoms. The van der Waals surface area contributed by atoms with Crippen LogP contribution in [0.25, 0.3) is 22.3 Å². The molecule has 216 valence electrons. The predicted octanol–water partition coefficient (Wildman–Crippen LogP) is 10.6. The van der Waals surface area contributed by atoms with Gasteiger partial charge in [0.2, 0.25) is 0 Å². The Labute approximate surface area is 263 Å². The zero-order chi connectivity index (χ0) is 30.2. The summed E-state index contributed by atoms with van der Waals surface area (Å²) in [4.78, 5) is 2.51. The SMILES string of the molecule is BC1C=CC(c2ccc(N(c3ccc4c(c3)C(C)(C)c3ccccc3-4)c3cccc4c3-c3ccccc3C4(C)C)cc2)CC1. The Morgan fingerprint density at radius 1 is 0.568 bits per heavy atom. The van der Waals surface area contributed by atoms with Crippen molar-refractivity contribution in [3.63, 3.8) is 0 Å². The van der Waals surface area contributed by atoms with Crippen molar-refractivity contribution < 1.29 is 0 Å². The zero-order valence-corrected chi connectivity index (χ0v) is 26.6. The van der Waals surface area contributed by atoms with E-state index in [-0.39, 0.29) is 10.8 Å². The Balaban J connectivity index is 1.32. The van der Waals surface area contributed by atoms with Crippen molar-refractivity contribution in [3.05, 3.63) is 149 Å². The molecule has 0 amide bonds. The van der Waals surface area contributed by atoms with E-state index >= 15 is 0 Å². The molecule has 0 radical (unpaired) electrons. The van der Waals surface area contributed by atoms with Gasteiger partial charge in [0.1, 0.15) is 7.85 Å². The van der Waals surface area contributed by atoms with E-state index in [2.05, 4.69) is 162 Å². The zero-order valence-electron chi connectivity index (χ0n) is 26.6. The fourth-order valence-corrected chi connectivity index (χ4v) is 8.29. The van der Waals surface area contributed by atoms with E-state index in [1.54, 1.807) is 0 Å². The van der Waals surface area contributed by atoms with Crippen LogP contribution in [0.15, 0.2) is 121 Å². The first-order valence-corrected chi connectivity index (χ1v) is 16.3. The van der Waals surface area contributed by atoms with E-state index in [0.717, 1.165) is 0 Å². The quantitative estimate of drug-likeness (QED) is 0.154. The second kappa shape index (κ2) is 9.86. The summed E-state index contributed by atoms with van der Waals surface area (Å²) in [7, 11) is 2.32. The van der Waals surface area contributed by atoms with E-state index in [1.165, 1.54) is 80.0 Å². The lowest BCUT2D eigenvalue weighted by Gasteiger charge is -2.31. The molecule has 1 nitrogen and oxygen atoms in total. The van der Waals surface area contributed by atoms with Gasteiger partial charge in [0, 0.05) is 33.7 Å². The third-order valence-corrected chi connectivity index (χ3v) is 10.8. The number of benzene rings is 5. The number of rotatable bonds is 4. The fraction of sp³-hybridized carbons (Fsp3) is 0.238. The van der Waals surface area contributed by atoms with Crippen LogP contribution < -0.4 is 4.90 Å². The van der Waals surface area contributed by atoms with Gasteiger partial charge in [-0.1, -0.05) is 131 Å². The molecule has 2 heteroatoms. The first-order chi connectivity index (χ1) is 21.2. The number of hydrogen-bond acceptors (Lipinski definition) is 1. The topological polar surface area (TPSA) is 3.24 Å². The van der Waals surface area contributed by atoms with Crippen LogP contribution in [0, 0.1) is 0 Å². The van der Waals surface area contributed by atoms with E-state index in [1.807, 2.05) is 0 Å². The van der Waals surface area contributed by atoms with Crippen LogP contribution in [0.5, 0.6) is 0 Å². The van der Waals surface area contributed by atoms with E-state index in [4.69, 9.17) is 0 Å². The molecule has 2 unspecified atom stereocenters. The molecule has 0 fully saturated rings. The molecule has 0 N–H and O–H groups in total. The molecule has 3 aliphatic carbocycles. The third-order valence-electron chi connectivity index (χ3n) is 10.8. The highest BCUT2D eigenvalue weighted by atomic mass is 15.1. The maximum absolute atomic E-state index is 2.51. The summed E-state index contributed by atoms with van der Waals surface area (Å²) < 4.78 is 0. The molecule has 2 atom stereocenters. The van der Waals surface area contributed by atoms with Crippen LogP contribution in [0.2, 0.25) is 5.82 Å². The van der Waals surface area contributed by atoms with Crippen molar-refractivity contribution in [3.8, 4) is 22.3 Å². The van der Waals surface area contributed by atoms with Crippen LogP contribution >= 0.6 is 0 Å². The summed E-state index contributed by atoms with van der Waals surface area (Å²) in [6, 6.07) is 41.4. The highest BCUT2D eigenvalue weighted by Gasteiger charge is 2.39. The lowest BCUT2D eigenvalue weighted by Crippen LogP contribution is -2.17. The van der Waals surface area contributed by atoms with E-state index in [0.29, 0.717) is 11.7 Å². The Morgan fingerprint density at radius 2 is 1.18 bits per heavy atom. The van der Waals surface area contributed by atoms with Gasteiger partial charge >= 0.3 is 0 Å². The maximum Gasteiger partial charge on any atom is 0.110 e. The van der Waals surface area contributed by atoms with Crippen molar-refractivity contribution in [1.29, 1.82) is 0 Å². The van der Waals surface area contributed by atoms with Crippen LogP contribution in [0.3, 0.4) is 0 Å². The van der Waals surface area contributed by atoms with Gasteiger partial charge in [0.15, 0.2) is 0 Å². The fourth-order valence-electron chi connectivity index (χ4n) is 8.29. The predicted molar refractivity (Wildman–Crippen MR) is 190 cm³/mol. The standard InChI is InChI=1S/C42H40BN/c1-41(2)36-13-8-6-11-34(36)40-37(41)14-9-15-39(40)44(30-22-18-28(19-23-30)27-16-20-29(43)21-17-27)31-24-25-33-32-10-5-7-12-35(32)42(3,4)38(33)26-31/h5-16,18-20,22-27,29H,17,21,43H2,1-4H3. The maximum atomic E-state index is 2.51. The normalized spacial score (nSPS) is 20.0. The molecular weight excluding hydrogens is 529 g/mol. The average molecular weight is 570 g/mol. The molecule has 0 aliphatic heterocycles. The van der Waals surface area contributed by atoms with E-state index < -0.39 is 0 Å². The van der Waals surface area contributed by atoms with Crippen LogP contribution in [-0.4, -0.2) is 7.85 Å². The van der Waals surface area contributed by atoms with Gasteiger partial charge in [-0.25, -0.2) is 0 Å². The minimum atomic E-state index is -0.0604. The lowest BCUT2D eigenvalue weighted by atomic mass is 9.75. The monoisotopic (exact) mass is 569 g/mol. The minimum absolute atomic E-state index is 0.0521. The molecule has 8 rings (SSSR count). The van der Waals surface area contributed by atoms with Gasteiger partial charge < -0.3 is 4.90 Å². The smallest absolute Gasteiger partial charge is 0.110 e. The van der Waals surface area contributed by atoms with Gasteiger partial charge in [0.25, 0.3) is 0 Å². The molecule has 0 aromatic heterocycles. The molecule has 3 aliphatic rings. The van der Waals surface area contributed by atoms with Gasteiger partial charge in [-0.05, 0) is 81.3 Å². The van der Waals surface area contributed by atoms with E-state index in [9.17, 15) is 0 Å². The van der Waals surface area contributed by atoms with Gasteiger partial charge in [-0.3, -0.25) is 0 Å². The summed E-state index contributed by atoms with van der Waals surface area (Å²) in [5, 5.41) is 0. The third kappa shape index (κ3) is 4.00. The summed E-state index contributed by atoms with van der Waals surface area (Å²) in [5.41, 5.74) is 16.0. The van der Waals surface area contributed by atoms with Gasteiger partial charge in [0.05, 0.1) is 5.69 Å². The largest absolute Gasteiger partial charge is 0.310 e. The molecule has 0 spiro atoms. The molecule has 0 saturated heterocycles. The Bertz CT molecular complexity index is 1940. The molecule has 5 aromatic rings. The number of fused-ring (bicyclic) bond motifs is 6. The molecule has 0 bridgehead atoms. The Morgan fingerprint density at radius 3 is 1.91 bits per heavy atom. The molecule has 0 heterocycles. The highest BCUT2D eigenvalue weighted by Crippen LogP contribution is 2.55. The minimum Gasteiger partial charge on any atom is -0.310 e. The van der Waals surface area contributed by atoms with Crippen molar-refractivity contribution in [2.24, 2.45) is 0 Å². The van der Waals surface area contributed by atoms with Gasteiger partial charge in [-0.2, -0.15) is 0 Å². The summed E-state index contributed by atoms with van der Waals surface area (Å²) in [5.74, 6) is 1.19. The number of allylic oxidation sites excluding steroid dienone is 2. The van der Waals surface area contributed by atoms with Crippen molar-refractivity contribution in [2.45, 2.75) is 63.1 Å². The first-order valence-electron chi connectivity index (χ1n) is 16.3. The second-order valence-electron chi connectivity index (χ2n) is 14.2. The number of hydrogen-bond donors (Lipinski definition) is 0. The van der Waals surface area contributed by atoms with Crippen molar-refractivity contribution >= 4 is 24.9 Å². The summed E-state index contributed by atoms with van der Waals surface area (Å²) in [6.07, 6.45) is 7.29.